The highest BCUT2D eigenvalue weighted by molar-refractivity contribution is 6.35. The molecule has 1 heterocycles. The second-order valence-corrected chi connectivity index (χ2v) is 4.00. The van der Waals surface area contributed by atoms with Gasteiger partial charge in [-0.05, 0) is 24.3 Å². The Hall–Kier alpha value is -1.45. The Labute approximate surface area is 102 Å². The number of rotatable bonds is 2. The summed E-state index contributed by atoms with van der Waals surface area (Å²) in [6.45, 7) is 0. The second-order valence-electron chi connectivity index (χ2n) is 3.15. The van der Waals surface area contributed by atoms with E-state index in [1.165, 1.54) is 6.26 Å². The first-order chi connectivity index (χ1) is 7.59. The van der Waals surface area contributed by atoms with E-state index in [-0.39, 0.29) is 5.76 Å². The highest BCUT2D eigenvalue weighted by Crippen LogP contribution is 2.33. The number of furan rings is 1. The average molecular weight is 256 g/mol. The molecule has 0 aliphatic rings. The molecule has 5 heteroatoms. The molecule has 0 unspecified atom stereocenters. The molecule has 1 aromatic carbocycles. The number of primary amides is 1. The summed E-state index contributed by atoms with van der Waals surface area (Å²) in [7, 11) is 0. The van der Waals surface area contributed by atoms with Gasteiger partial charge in [-0.25, -0.2) is 0 Å². The molecule has 82 valence electrons. The normalized spacial score (nSPS) is 10.4. The summed E-state index contributed by atoms with van der Waals surface area (Å²) in [6.07, 6.45) is 1.38. The molecule has 0 saturated heterocycles. The van der Waals surface area contributed by atoms with Crippen LogP contribution in [0.5, 0.6) is 0 Å². The smallest absolute Gasteiger partial charge is 0.285 e. The third-order valence-corrected chi connectivity index (χ3v) is 2.67. The van der Waals surface area contributed by atoms with Crippen molar-refractivity contribution in [3.63, 3.8) is 0 Å². The van der Waals surface area contributed by atoms with Gasteiger partial charge in [-0.3, -0.25) is 4.79 Å². The standard InChI is InChI=1S/C11H7Cl2NO2/c12-6-1-2-9(13)8(5-6)7-3-4-16-10(7)11(14)15/h1-5H,(H2,14,15). The highest BCUT2D eigenvalue weighted by atomic mass is 35.5. The maximum absolute atomic E-state index is 11.1. The van der Waals surface area contributed by atoms with Crippen molar-refractivity contribution in [3.05, 3.63) is 46.3 Å². The van der Waals surface area contributed by atoms with E-state index in [1.54, 1.807) is 24.3 Å². The molecule has 0 aliphatic heterocycles. The van der Waals surface area contributed by atoms with Crippen LogP contribution in [0.4, 0.5) is 0 Å². The quantitative estimate of drug-likeness (QED) is 0.895. The Morgan fingerprint density at radius 3 is 2.62 bits per heavy atom. The molecule has 0 saturated carbocycles. The number of nitrogens with two attached hydrogens (primary N) is 1. The van der Waals surface area contributed by atoms with Crippen LogP contribution < -0.4 is 5.73 Å². The van der Waals surface area contributed by atoms with Crippen molar-refractivity contribution in [3.8, 4) is 11.1 Å². The van der Waals surface area contributed by atoms with Crippen LogP contribution >= 0.6 is 23.2 Å². The Morgan fingerprint density at radius 2 is 1.94 bits per heavy atom. The van der Waals surface area contributed by atoms with Crippen LogP contribution in [0.25, 0.3) is 11.1 Å². The third-order valence-electron chi connectivity index (χ3n) is 2.11. The van der Waals surface area contributed by atoms with Crippen LogP contribution in [0.3, 0.4) is 0 Å². The zero-order valence-electron chi connectivity index (χ0n) is 8.04. The molecule has 1 amide bonds. The van der Waals surface area contributed by atoms with Gasteiger partial charge in [0.1, 0.15) is 0 Å². The van der Waals surface area contributed by atoms with Gasteiger partial charge in [-0.1, -0.05) is 23.2 Å². The summed E-state index contributed by atoms with van der Waals surface area (Å²) in [6, 6.07) is 6.59. The van der Waals surface area contributed by atoms with E-state index >= 15 is 0 Å². The van der Waals surface area contributed by atoms with Crippen molar-refractivity contribution in [2.75, 3.05) is 0 Å². The molecule has 2 rings (SSSR count). The Morgan fingerprint density at radius 1 is 1.19 bits per heavy atom. The molecule has 2 aromatic rings. The number of carbonyl (C=O) groups is 1. The summed E-state index contributed by atoms with van der Waals surface area (Å²) in [5, 5.41) is 1.00. The van der Waals surface area contributed by atoms with Crippen LogP contribution in [0.1, 0.15) is 10.6 Å². The van der Waals surface area contributed by atoms with Gasteiger partial charge in [0, 0.05) is 21.2 Å². The van der Waals surface area contributed by atoms with Gasteiger partial charge in [0.15, 0.2) is 5.76 Å². The molecule has 3 nitrogen and oxygen atoms in total. The van der Waals surface area contributed by atoms with Crippen LogP contribution in [0, 0.1) is 0 Å². The maximum Gasteiger partial charge on any atom is 0.285 e. The van der Waals surface area contributed by atoms with Crippen molar-refractivity contribution < 1.29 is 9.21 Å². The highest BCUT2D eigenvalue weighted by Gasteiger charge is 2.16. The van der Waals surface area contributed by atoms with E-state index in [2.05, 4.69) is 0 Å². The molecule has 0 spiro atoms. The van der Waals surface area contributed by atoms with E-state index in [0.717, 1.165) is 0 Å². The van der Waals surface area contributed by atoms with Gasteiger partial charge in [-0.15, -0.1) is 0 Å². The molecule has 0 aliphatic carbocycles. The average Bonchev–Trinajstić information content (AvgIpc) is 2.70. The largest absolute Gasteiger partial charge is 0.459 e. The Balaban J connectivity index is 2.62. The summed E-state index contributed by atoms with van der Waals surface area (Å²) in [5.74, 6) is -0.569. The van der Waals surface area contributed by atoms with Crippen LogP contribution in [0.15, 0.2) is 34.9 Å². The summed E-state index contributed by atoms with van der Waals surface area (Å²) in [5.41, 5.74) is 6.34. The lowest BCUT2D eigenvalue weighted by molar-refractivity contribution is 0.0975. The van der Waals surface area contributed by atoms with Crippen LogP contribution in [0.2, 0.25) is 10.0 Å². The third kappa shape index (κ3) is 1.92. The van der Waals surface area contributed by atoms with E-state index in [4.69, 9.17) is 33.4 Å². The van der Waals surface area contributed by atoms with Crippen molar-refractivity contribution in [1.82, 2.24) is 0 Å². The zero-order valence-corrected chi connectivity index (χ0v) is 9.55. The molecule has 0 radical (unpaired) electrons. The predicted molar refractivity (Wildman–Crippen MR) is 62.7 cm³/mol. The monoisotopic (exact) mass is 255 g/mol. The summed E-state index contributed by atoms with van der Waals surface area (Å²) >= 11 is 11.9. The first-order valence-electron chi connectivity index (χ1n) is 4.42. The van der Waals surface area contributed by atoms with Gasteiger partial charge in [0.05, 0.1) is 6.26 Å². The van der Waals surface area contributed by atoms with E-state index in [9.17, 15) is 4.79 Å². The van der Waals surface area contributed by atoms with E-state index in [1.807, 2.05) is 0 Å². The predicted octanol–water partition coefficient (Wildman–Crippen LogP) is 3.35. The minimum atomic E-state index is -0.643. The molecule has 0 bridgehead atoms. The van der Waals surface area contributed by atoms with Gasteiger partial charge in [0.2, 0.25) is 0 Å². The van der Waals surface area contributed by atoms with E-state index in [0.29, 0.717) is 21.2 Å². The molecule has 1 aromatic heterocycles. The van der Waals surface area contributed by atoms with Crippen molar-refractivity contribution in [2.45, 2.75) is 0 Å². The SMILES string of the molecule is NC(=O)c1occc1-c1cc(Cl)ccc1Cl. The first kappa shape index (κ1) is 11.0. The van der Waals surface area contributed by atoms with Gasteiger partial charge < -0.3 is 10.2 Å². The first-order valence-corrected chi connectivity index (χ1v) is 5.18. The number of carbonyl (C=O) groups excluding carboxylic acids is 1. The molecule has 2 N–H and O–H groups in total. The number of halogens is 2. The van der Waals surface area contributed by atoms with Crippen molar-refractivity contribution in [1.29, 1.82) is 0 Å². The van der Waals surface area contributed by atoms with E-state index < -0.39 is 5.91 Å². The lowest BCUT2D eigenvalue weighted by Crippen LogP contribution is -2.10. The number of hydrogen-bond donors (Lipinski definition) is 1. The number of benzene rings is 1. The summed E-state index contributed by atoms with van der Waals surface area (Å²) < 4.78 is 5.00. The number of hydrogen-bond acceptors (Lipinski definition) is 2. The minimum absolute atomic E-state index is 0.0733. The Kier molecular flexibility index (Phi) is 2.90. The van der Waals surface area contributed by atoms with Crippen LogP contribution in [-0.4, -0.2) is 5.91 Å². The fourth-order valence-corrected chi connectivity index (χ4v) is 1.81. The molecular formula is C11H7Cl2NO2. The van der Waals surface area contributed by atoms with Crippen molar-refractivity contribution in [2.24, 2.45) is 5.73 Å². The lowest BCUT2D eigenvalue weighted by Gasteiger charge is -2.03. The Bertz CT molecular complexity index is 549. The fourth-order valence-electron chi connectivity index (χ4n) is 1.42. The van der Waals surface area contributed by atoms with Gasteiger partial charge in [-0.2, -0.15) is 0 Å². The van der Waals surface area contributed by atoms with Crippen LogP contribution in [-0.2, 0) is 0 Å². The lowest BCUT2D eigenvalue weighted by atomic mass is 10.1. The van der Waals surface area contributed by atoms with Gasteiger partial charge in [0.25, 0.3) is 5.91 Å². The topological polar surface area (TPSA) is 56.2 Å². The number of amides is 1. The molecule has 0 fully saturated rings. The molecule has 16 heavy (non-hydrogen) atoms. The second kappa shape index (κ2) is 4.20. The molecular weight excluding hydrogens is 249 g/mol. The summed E-state index contributed by atoms with van der Waals surface area (Å²) in [4.78, 5) is 11.1. The molecule has 0 atom stereocenters. The maximum atomic E-state index is 11.1. The fraction of sp³-hybridized carbons (Fsp3) is 0. The van der Waals surface area contributed by atoms with Crippen molar-refractivity contribution >= 4 is 29.1 Å². The van der Waals surface area contributed by atoms with Gasteiger partial charge >= 0.3 is 0 Å². The minimum Gasteiger partial charge on any atom is -0.459 e. The zero-order chi connectivity index (χ0) is 11.7.